The van der Waals surface area contributed by atoms with Crippen LogP contribution < -0.4 is 17.0 Å². The van der Waals surface area contributed by atoms with Crippen molar-refractivity contribution in [3.8, 4) is 0 Å². The largest absolute Gasteiger partial charge is 0.449 e. The van der Waals surface area contributed by atoms with Crippen LogP contribution in [0.3, 0.4) is 0 Å². The Morgan fingerprint density at radius 3 is 2.55 bits per heavy atom. The third kappa shape index (κ3) is 3.98. The molecular formula is C4H10N4O3. The summed E-state index contributed by atoms with van der Waals surface area (Å²) in [6.07, 6.45) is -0.825. The predicted octanol–water partition coefficient (Wildman–Crippen LogP) is -1.10. The molecule has 0 atom stereocenters. The Morgan fingerprint density at radius 2 is 2.18 bits per heavy atom. The standard InChI is InChI=1S/C4H10N4O3/c1-2-11-4(10)7-8(6)3(5)9/h2,6H2,1H3,(H2,5,9)(H,7,10). The highest BCUT2D eigenvalue weighted by Crippen LogP contribution is 1.76. The molecule has 0 aliphatic rings. The molecule has 0 heterocycles. The van der Waals surface area contributed by atoms with Crippen molar-refractivity contribution in [3.05, 3.63) is 0 Å². The number of urea groups is 1. The van der Waals surface area contributed by atoms with E-state index in [4.69, 9.17) is 5.84 Å². The lowest BCUT2D eigenvalue weighted by molar-refractivity contribution is 0.118. The van der Waals surface area contributed by atoms with Crippen LogP contribution in [0, 0.1) is 0 Å². The van der Waals surface area contributed by atoms with Crippen LogP contribution in [0.1, 0.15) is 6.92 Å². The van der Waals surface area contributed by atoms with Gasteiger partial charge in [-0.1, -0.05) is 0 Å². The molecule has 11 heavy (non-hydrogen) atoms. The summed E-state index contributed by atoms with van der Waals surface area (Å²) in [6.45, 7) is 1.81. The van der Waals surface area contributed by atoms with E-state index in [0.29, 0.717) is 5.12 Å². The van der Waals surface area contributed by atoms with Crippen molar-refractivity contribution in [1.82, 2.24) is 10.5 Å². The molecule has 7 heteroatoms. The van der Waals surface area contributed by atoms with Crippen molar-refractivity contribution in [2.75, 3.05) is 6.61 Å². The van der Waals surface area contributed by atoms with Crippen molar-refractivity contribution in [2.24, 2.45) is 11.6 Å². The number of carbonyl (C=O) groups excluding carboxylic acids is 2. The zero-order valence-corrected chi connectivity index (χ0v) is 6.03. The van der Waals surface area contributed by atoms with Crippen molar-refractivity contribution < 1.29 is 14.3 Å². The third-order valence-corrected chi connectivity index (χ3v) is 0.725. The highest BCUT2D eigenvalue weighted by molar-refractivity contribution is 5.75. The molecule has 0 radical (unpaired) electrons. The number of rotatable bonds is 1. The first-order valence-electron chi connectivity index (χ1n) is 2.85. The quantitative estimate of drug-likeness (QED) is 0.258. The molecule has 7 nitrogen and oxygen atoms in total. The number of nitrogens with one attached hydrogen (secondary N) is 1. The Morgan fingerprint density at radius 1 is 1.64 bits per heavy atom. The van der Waals surface area contributed by atoms with Gasteiger partial charge in [-0.25, -0.2) is 20.9 Å². The minimum Gasteiger partial charge on any atom is -0.449 e. The number of carbonyl (C=O) groups is 2. The number of nitrogens with two attached hydrogens (primary N) is 2. The van der Waals surface area contributed by atoms with Crippen molar-refractivity contribution in [2.45, 2.75) is 6.92 Å². The molecule has 0 unspecified atom stereocenters. The summed E-state index contributed by atoms with van der Waals surface area (Å²) in [4.78, 5) is 20.7. The van der Waals surface area contributed by atoms with Crippen molar-refractivity contribution in [1.29, 1.82) is 0 Å². The van der Waals surface area contributed by atoms with Gasteiger partial charge >= 0.3 is 12.1 Å². The van der Waals surface area contributed by atoms with Crippen LogP contribution in [-0.2, 0) is 4.74 Å². The van der Waals surface area contributed by atoms with E-state index in [-0.39, 0.29) is 6.61 Å². The van der Waals surface area contributed by atoms with Gasteiger partial charge in [0.15, 0.2) is 0 Å². The first-order valence-corrected chi connectivity index (χ1v) is 2.85. The summed E-state index contributed by atoms with van der Waals surface area (Å²) >= 11 is 0. The van der Waals surface area contributed by atoms with Crippen LogP contribution in [-0.4, -0.2) is 23.8 Å². The molecule has 0 saturated carbocycles. The summed E-state index contributed by atoms with van der Waals surface area (Å²) in [7, 11) is 0. The van der Waals surface area contributed by atoms with Crippen LogP contribution in [0.5, 0.6) is 0 Å². The van der Waals surface area contributed by atoms with E-state index in [9.17, 15) is 9.59 Å². The third-order valence-electron chi connectivity index (χ3n) is 0.725. The fourth-order valence-electron chi connectivity index (χ4n) is 0.317. The fraction of sp³-hybridized carbons (Fsp3) is 0.500. The molecule has 5 N–H and O–H groups in total. The molecule has 0 fully saturated rings. The number of ether oxygens (including phenoxy) is 1. The van der Waals surface area contributed by atoms with Gasteiger partial charge in [0.25, 0.3) is 0 Å². The van der Waals surface area contributed by atoms with E-state index in [1.807, 2.05) is 5.43 Å². The molecular weight excluding hydrogens is 152 g/mol. The van der Waals surface area contributed by atoms with Crippen molar-refractivity contribution in [3.63, 3.8) is 0 Å². The minimum absolute atomic E-state index is 0.193. The second-order valence-electron chi connectivity index (χ2n) is 1.54. The second kappa shape index (κ2) is 4.34. The lowest BCUT2D eigenvalue weighted by Gasteiger charge is -2.13. The number of nitrogens with zero attached hydrogens (tertiary/aromatic N) is 1. The van der Waals surface area contributed by atoms with Gasteiger partial charge in [0.2, 0.25) is 0 Å². The van der Waals surface area contributed by atoms with E-state index in [1.165, 1.54) is 0 Å². The minimum atomic E-state index is -0.974. The van der Waals surface area contributed by atoms with Gasteiger partial charge in [0.05, 0.1) is 6.61 Å². The molecule has 0 aromatic carbocycles. The lowest BCUT2D eigenvalue weighted by Crippen LogP contribution is -2.53. The highest BCUT2D eigenvalue weighted by atomic mass is 16.6. The average Bonchev–Trinajstić information content (AvgIpc) is 1.87. The van der Waals surface area contributed by atoms with Gasteiger partial charge in [-0.2, -0.15) is 5.12 Å². The van der Waals surface area contributed by atoms with Crippen LogP contribution in [0.4, 0.5) is 9.59 Å². The number of amides is 3. The molecule has 0 aliphatic carbocycles. The van der Waals surface area contributed by atoms with E-state index < -0.39 is 12.1 Å². The normalized spacial score (nSPS) is 8.55. The maximum absolute atomic E-state index is 10.5. The van der Waals surface area contributed by atoms with Crippen molar-refractivity contribution >= 4 is 12.1 Å². The number of hydrogen-bond donors (Lipinski definition) is 3. The summed E-state index contributed by atoms with van der Waals surface area (Å²) < 4.78 is 4.38. The second-order valence-corrected chi connectivity index (χ2v) is 1.54. The molecule has 0 saturated heterocycles. The Labute approximate surface area is 63.2 Å². The Kier molecular flexibility index (Phi) is 3.75. The molecule has 0 aliphatic heterocycles. The van der Waals surface area contributed by atoms with Gasteiger partial charge in [-0.3, -0.25) is 0 Å². The molecule has 0 aromatic heterocycles. The van der Waals surface area contributed by atoms with Gasteiger partial charge in [-0.05, 0) is 6.92 Å². The average molecular weight is 162 g/mol. The van der Waals surface area contributed by atoms with Gasteiger partial charge < -0.3 is 10.5 Å². The van der Waals surface area contributed by atoms with E-state index >= 15 is 0 Å². The topological polar surface area (TPSA) is 111 Å². The summed E-state index contributed by atoms with van der Waals surface area (Å²) in [5.74, 6) is 4.89. The molecule has 0 rings (SSSR count). The molecule has 0 aromatic rings. The molecule has 0 spiro atoms. The Balaban J connectivity index is 3.66. The van der Waals surface area contributed by atoms with Gasteiger partial charge in [0, 0.05) is 0 Å². The number of hydrogen-bond acceptors (Lipinski definition) is 4. The summed E-state index contributed by atoms with van der Waals surface area (Å²) in [5.41, 5.74) is 6.53. The number of hydrazine groups is 2. The van der Waals surface area contributed by atoms with E-state index in [1.54, 1.807) is 6.92 Å². The van der Waals surface area contributed by atoms with Crippen LogP contribution >= 0.6 is 0 Å². The smallest absolute Gasteiger partial charge is 0.427 e. The fourth-order valence-corrected chi connectivity index (χ4v) is 0.317. The van der Waals surface area contributed by atoms with Gasteiger partial charge in [0.1, 0.15) is 0 Å². The first-order chi connectivity index (χ1) is 5.07. The monoisotopic (exact) mass is 162 g/mol. The van der Waals surface area contributed by atoms with Crippen LogP contribution in [0.2, 0.25) is 0 Å². The van der Waals surface area contributed by atoms with Crippen LogP contribution in [0.25, 0.3) is 0 Å². The highest BCUT2D eigenvalue weighted by Gasteiger charge is 2.07. The zero-order chi connectivity index (χ0) is 8.85. The Bertz CT molecular complexity index is 159. The van der Waals surface area contributed by atoms with Crippen LogP contribution in [0.15, 0.2) is 0 Å². The van der Waals surface area contributed by atoms with E-state index in [0.717, 1.165) is 0 Å². The summed E-state index contributed by atoms with van der Waals surface area (Å²) in [6, 6.07) is -0.974. The zero-order valence-electron chi connectivity index (χ0n) is 6.03. The Hall–Kier alpha value is -1.50. The first kappa shape index (κ1) is 9.50. The molecule has 0 bridgehead atoms. The predicted molar refractivity (Wildman–Crippen MR) is 35.8 cm³/mol. The van der Waals surface area contributed by atoms with E-state index in [2.05, 4.69) is 10.5 Å². The molecule has 64 valence electrons. The number of primary amides is 1. The van der Waals surface area contributed by atoms with Gasteiger partial charge in [-0.15, -0.1) is 0 Å². The summed E-state index contributed by atoms with van der Waals surface area (Å²) in [5, 5.41) is 0.331. The maximum Gasteiger partial charge on any atom is 0.427 e. The lowest BCUT2D eigenvalue weighted by atomic mass is 10.9. The SMILES string of the molecule is CCOC(=O)NN(N)C(N)=O. The maximum atomic E-state index is 10.5. The molecule has 3 amide bonds.